The molecule has 0 saturated carbocycles. The van der Waals surface area contributed by atoms with Gasteiger partial charge < -0.3 is 13.7 Å². The SMILES string of the molecule is CCN(CC)c1ccc2cc(/C=C(\C#N)c3nc4cc(Cl)ccc4o3)c(=O)oc2c1. The van der Waals surface area contributed by atoms with Gasteiger partial charge in [0.15, 0.2) is 5.58 Å². The fraction of sp³-hybridized carbons (Fsp3) is 0.174. The van der Waals surface area contributed by atoms with E-state index in [9.17, 15) is 10.1 Å². The van der Waals surface area contributed by atoms with E-state index in [1.54, 1.807) is 24.3 Å². The molecule has 0 radical (unpaired) electrons. The zero-order valence-electron chi connectivity index (χ0n) is 16.5. The molecule has 4 aromatic rings. The molecule has 0 unspecified atom stereocenters. The lowest BCUT2D eigenvalue weighted by Gasteiger charge is -2.20. The second-order valence-corrected chi connectivity index (χ2v) is 7.12. The fourth-order valence-electron chi connectivity index (χ4n) is 3.32. The minimum Gasteiger partial charge on any atom is -0.435 e. The first kappa shape index (κ1) is 19.7. The Balaban J connectivity index is 1.77. The molecule has 4 rings (SSSR count). The standard InChI is InChI=1S/C23H18ClN3O3/c1-3-27(4-2)18-7-5-14-9-15(23(28)30-21(14)12-18)10-16(13-25)22-26-19-11-17(24)6-8-20(19)29-22/h5-12H,3-4H2,1-2H3/b16-10+. The molecule has 0 bridgehead atoms. The second kappa shape index (κ2) is 8.05. The molecule has 0 aliphatic heterocycles. The van der Waals surface area contributed by atoms with Crippen LogP contribution in [0.15, 0.2) is 56.1 Å². The van der Waals surface area contributed by atoms with Crippen molar-refractivity contribution in [2.45, 2.75) is 13.8 Å². The Labute approximate surface area is 177 Å². The Morgan fingerprint density at radius 1 is 1.13 bits per heavy atom. The lowest BCUT2D eigenvalue weighted by atomic mass is 10.1. The second-order valence-electron chi connectivity index (χ2n) is 6.68. The maximum atomic E-state index is 12.6. The number of benzene rings is 2. The van der Waals surface area contributed by atoms with Crippen LogP contribution in [0.2, 0.25) is 5.02 Å². The van der Waals surface area contributed by atoms with Crippen LogP contribution in [0.25, 0.3) is 33.7 Å². The predicted octanol–water partition coefficient (Wildman–Crippen LogP) is 5.50. The highest BCUT2D eigenvalue weighted by Crippen LogP contribution is 2.26. The molecule has 150 valence electrons. The van der Waals surface area contributed by atoms with Gasteiger partial charge in [0.1, 0.15) is 22.7 Å². The fourth-order valence-corrected chi connectivity index (χ4v) is 3.48. The van der Waals surface area contributed by atoms with Gasteiger partial charge in [-0.05, 0) is 56.3 Å². The van der Waals surface area contributed by atoms with Crippen LogP contribution in [0.1, 0.15) is 25.3 Å². The van der Waals surface area contributed by atoms with E-state index >= 15 is 0 Å². The van der Waals surface area contributed by atoms with Gasteiger partial charge in [-0.1, -0.05) is 11.6 Å². The molecule has 6 nitrogen and oxygen atoms in total. The molecule has 0 saturated heterocycles. The van der Waals surface area contributed by atoms with Crippen LogP contribution in [0, 0.1) is 11.3 Å². The Hall–Kier alpha value is -3.56. The molecule has 2 aromatic heterocycles. The van der Waals surface area contributed by atoms with Crippen molar-refractivity contribution in [2.24, 2.45) is 0 Å². The van der Waals surface area contributed by atoms with E-state index < -0.39 is 5.63 Å². The summed E-state index contributed by atoms with van der Waals surface area (Å²) in [6, 6.07) is 14.5. The third kappa shape index (κ3) is 3.68. The number of nitriles is 1. The normalized spacial score (nSPS) is 11.7. The van der Waals surface area contributed by atoms with Crippen molar-refractivity contribution in [1.82, 2.24) is 4.98 Å². The lowest BCUT2D eigenvalue weighted by Crippen LogP contribution is -2.21. The van der Waals surface area contributed by atoms with Crippen LogP contribution < -0.4 is 10.5 Å². The number of nitrogens with zero attached hydrogens (tertiary/aromatic N) is 3. The van der Waals surface area contributed by atoms with E-state index in [1.807, 2.05) is 24.3 Å². The molecule has 0 aliphatic carbocycles. The molecular weight excluding hydrogens is 402 g/mol. The summed E-state index contributed by atoms with van der Waals surface area (Å²) in [4.78, 5) is 19.0. The van der Waals surface area contributed by atoms with Gasteiger partial charge in [-0.2, -0.15) is 5.26 Å². The first-order valence-electron chi connectivity index (χ1n) is 9.53. The van der Waals surface area contributed by atoms with E-state index in [1.165, 1.54) is 6.08 Å². The molecule has 0 fully saturated rings. The average Bonchev–Trinajstić information content (AvgIpc) is 3.16. The molecule has 0 aliphatic rings. The van der Waals surface area contributed by atoms with E-state index in [-0.39, 0.29) is 17.0 Å². The topological polar surface area (TPSA) is 83.3 Å². The molecule has 0 spiro atoms. The number of aromatic nitrogens is 1. The number of halogens is 1. The van der Waals surface area contributed by atoms with Crippen LogP contribution in [0.3, 0.4) is 0 Å². The predicted molar refractivity (Wildman–Crippen MR) is 119 cm³/mol. The quantitative estimate of drug-likeness (QED) is 0.314. The van der Waals surface area contributed by atoms with Crippen LogP contribution >= 0.6 is 11.6 Å². The minimum absolute atomic E-state index is 0.117. The maximum absolute atomic E-state index is 12.6. The van der Waals surface area contributed by atoms with E-state index in [0.29, 0.717) is 21.7 Å². The summed E-state index contributed by atoms with van der Waals surface area (Å²) < 4.78 is 11.2. The van der Waals surface area contributed by atoms with Gasteiger partial charge in [-0.25, -0.2) is 9.78 Å². The smallest absolute Gasteiger partial charge is 0.343 e. The summed E-state index contributed by atoms with van der Waals surface area (Å²) in [5, 5.41) is 10.9. The third-order valence-electron chi connectivity index (χ3n) is 4.88. The summed E-state index contributed by atoms with van der Waals surface area (Å²) in [7, 11) is 0. The average molecular weight is 420 g/mol. The van der Waals surface area contributed by atoms with Crippen molar-refractivity contribution in [3.63, 3.8) is 0 Å². The molecule has 7 heteroatoms. The van der Waals surface area contributed by atoms with Gasteiger partial charge in [0.05, 0.1) is 5.56 Å². The maximum Gasteiger partial charge on any atom is 0.343 e. The summed E-state index contributed by atoms with van der Waals surface area (Å²) >= 11 is 5.98. The number of allylic oxidation sites excluding steroid dienone is 1. The molecule has 2 aromatic carbocycles. The highest BCUT2D eigenvalue weighted by molar-refractivity contribution is 6.31. The summed E-state index contributed by atoms with van der Waals surface area (Å²) in [6.07, 6.45) is 1.43. The van der Waals surface area contributed by atoms with Crippen molar-refractivity contribution in [1.29, 1.82) is 5.26 Å². The highest BCUT2D eigenvalue weighted by Gasteiger charge is 2.14. The molecule has 2 heterocycles. The van der Waals surface area contributed by atoms with E-state index in [4.69, 9.17) is 20.4 Å². The Morgan fingerprint density at radius 3 is 2.67 bits per heavy atom. The lowest BCUT2D eigenvalue weighted by molar-refractivity contribution is 0.559. The molecule has 30 heavy (non-hydrogen) atoms. The third-order valence-corrected chi connectivity index (χ3v) is 5.11. The summed E-state index contributed by atoms with van der Waals surface area (Å²) in [6.45, 7) is 5.85. The molecular formula is C23H18ClN3O3. The minimum atomic E-state index is -0.536. The van der Waals surface area contributed by atoms with Crippen LogP contribution in [-0.2, 0) is 0 Å². The molecule has 0 amide bonds. The number of rotatable bonds is 5. The van der Waals surface area contributed by atoms with Crippen molar-refractivity contribution in [3.05, 3.63) is 69.4 Å². The van der Waals surface area contributed by atoms with Gasteiger partial charge in [0.2, 0.25) is 5.89 Å². The largest absolute Gasteiger partial charge is 0.435 e. The van der Waals surface area contributed by atoms with Crippen LogP contribution in [0.5, 0.6) is 0 Å². The monoisotopic (exact) mass is 419 g/mol. The van der Waals surface area contributed by atoms with E-state index in [2.05, 4.69) is 23.7 Å². The number of anilines is 1. The number of hydrogen-bond acceptors (Lipinski definition) is 6. The van der Waals surface area contributed by atoms with Crippen LogP contribution in [-0.4, -0.2) is 18.1 Å². The van der Waals surface area contributed by atoms with Crippen molar-refractivity contribution in [2.75, 3.05) is 18.0 Å². The molecule has 0 atom stereocenters. The van der Waals surface area contributed by atoms with E-state index in [0.717, 1.165) is 24.2 Å². The van der Waals surface area contributed by atoms with Gasteiger partial charge in [-0.3, -0.25) is 0 Å². The van der Waals surface area contributed by atoms with Crippen LogP contribution in [0.4, 0.5) is 5.69 Å². The first-order valence-corrected chi connectivity index (χ1v) is 9.91. The zero-order valence-corrected chi connectivity index (χ0v) is 17.2. The highest BCUT2D eigenvalue weighted by atomic mass is 35.5. The molecule has 0 N–H and O–H groups in total. The van der Waals surface area contributed by atoms with Crippen molar-refractivity contribution < 1.29 is 8.83 Å². The Morgan fingerprint density at radius 2 is 1.93 bits per heavy atom. The Bertz CT molecular complexity index is 1370. The van der Waals surface area contributed by atoms with Crippen molar-refractivity contribution in [3.8, 4) is 6.07 Å². The van der Waals surface area contributed by atoms with Gasteiger partial charge >= 0.3 is 5.63 Å². The first-order chi connectivity index (χ1) is 14.5. The number of hydrogen-bond donors (Lipinski definition) is 0. The van der Waals surface area contributed by atoms with Crippen molar-refractivity contribution >= 4 is 51.0 Å². The summed E-state index contributed by atoms with van der Waals surface area (Å²) in [5.74, 6) is 0.117. The summed E-state index contributed by atoms with van der Waals surface area (Å²) in [5.41, 5.74) is 2.35. The van der Waals surface area contributed by atoms with Gasteiger partial charge in [0, 0.05) is 35.3 Å². The number of oxazole rings is 1. The number of fused-ring (bicyclic) bond motifs is 2. The van der Waals surface area contributed by atoms with Gasteiger partial charge in [0.25, 0.3) is 0 Å². The van der Waals surface area contributed by atoms with Gasteiger partial charge in [-0.15, -0.1) is 0 Å². The Kier molecular flexibility index (Phi) is 5.30. The zero-order chi connectivity index (χ0) is 21.3.